The molecule has 146 valence electrons. The maximum atomic E-state index is 12.6. The highest BCUT2D eigenvalue weighted by Gasteiger charge is 2.26. The normalized spacial score (nSPS) is 17.4. The van der Waals surface area contributed by atoms with Gasteiger partial charge >= 0.3 is 0 Å². The lowest BCUT2D eigenvalue weighted by Crippen LogP contribution is -2.48. The number of fused-ring (bicyclic) bond motifs is 1. The zero-order valence-corrected chi connectivity index (χ0v) is 16.1. The summed E-state index contributed by atoms with van der Waals surface area (Å²) in [5.74, 6) is 0.0241. The van der Waals surface area contributed by atoms with Crippen LogP contribution in [0.15, 0.2) is 24.3 Å². The fourth-order valence-corrected chi connectivity index (χ4v) is 4.74. The zero-order chi connectivity index (χ0) is 19.7. The number of amides is 1. The molecule has 1 fully saturated rings. The maximum absolute atomic E-state index is 12.6. The van der Waals surface area contributed by atoms with E-state index >= 15 is 0 Å². The molecule has 0 spiro atoms. The first-order valence-electron chi connectivity index (χ1n) is 9.29. The number of carbonyl (C=O) groups is 2. The molecule has 1 aliphatic heterocycles. The van der Waals surface area contributed by atoms with E-state index in [9.17, 15) is 19.7 Å². The van der Waals surface area contributed by atoms with Gasteiger partial charge in [0.25, 0.3) is 11.6 Å². The molecule has 1 aromatic carbocycles. The Balaban J connectivity index is 1.36. The fourth-order valence-electron chi connectivity index (χ4n) is 3.62. The largest absolute Gasteiger partial charge is 0.336 e. The first-order chi connectivity index (χ1) is 13.5. The van der Waals surface area contributed by atoms with E-state index in [0.29, 0.717) is 44.7 Å². The summed E-state index contributed by atoms with van der Waals surface area (Å²) in [7, 11) is 0. The number of benzene rings is 1. The van der Waals surface area contributed by atoms with Gasteiger partial charge in [0.2, 0.25) is 0 Å². The number of hydrogen-bond donors (Lipinski definition) is 0. The maximum Gasteiger partial charge on any atom is 0.270 e. The van der Waals surface area contributed by atoms with Crippen molar-refractivity contribution in [2.75, 3.05) is 26.2 Å². The molecule has 1 aliphatic carbocycles. The first kappa shape index (κ1) is 18.7. The van der Waals surface area contributed by atoms with Gasteiger partial charge in [-0.25, -0.2) is 4.98 Å². The molecule has 2 aliphatic rings. The van der Waals surface area contributed by atoms with Crippen LogP contribution in [-0.2, 0) is 13.0 Å². The number of aromatic nitrogens is 1. The molecule has 0 bridgehead atoms. The number of thiazole rings is 1. The summed E-state index contributed by atoms with van der Waals surface area (Å²) in [5.41, 5.74) is 1.20. The van der Waals surface area contributed by atoms with E-state index in [1.807, 2.05) is 0 Å². The molecular weight excluding hydrogens is 380 g/mol. The molecule has 4 rings (SSSR count). The van der Waals surface area contributed by atoms with Crippen molar-refractivity contribution in [1.82, 2.24) is 14.8 Å². The number of rotatable bonds is 4. The minimum Gasteiger partial charge on any atom is -0.336 e. The molecule has 1 saturated heterocycles. The number of hydrogen-bond acceptors (Lipinski definition) is 7. The third kappa shape index (κ3) is 3.81. The lowest BCUT2D eigenvalue weighted by atomic mass is 10.0. The lowest BCUT2D eigenvalue weighted by Gasteiger charge is -2.34. The number of nitro benzene ring substituents is 1. The van der Waals surface area contributed by atoms with E-state index in [2.05, 4.69) is 9.88 Å². The van der Waals surface area contributed by atoms with Crippen molar-refractivity contribution in [3.8, 4) is 0 Å². The average molecular weight is 400 g/mol. The second-order valence-corrected chi connectivity index (χ2v) is 8.12. The van der Waals surface area contributed by atoms with Gasteiger partial charge in [0.05, 0.1) is 22.0 Å². The minimum atomic E-state index is -0.493. The van der Waals surface area contributed by atoms with E-state index in [1.165, 1.54) is 29.5 Å². The highest BCUT2D eigenvalue weighted by atomic mass is 32.1. The third-order valence-corrected chi connectivity index (χ3v) is 6.26. The highest BCUT2D eigenvalue weighted by molar-refractivity contribution is 7.13. The summed E-state index contributed by atoms with van der Waals surface area (Å²) in [6.45, 7) is 3.22. The average Bonchev–Trinajstić information content (AvgIpc) is 3.12. The molecule has 2 aromatic rings. The van der Waals surface area contributed by atoms with Gasteiger partial charge in [0.15, 0.2) is 5.78 Å². The molecule has 1 amide bonds. The Morgan fingerprint density at radius 1 is 1.21 bits per heavy atom. The van der Waals surface area contributed by atoms with Gasteiger partial charge in [-0.3, -0.25) is 24.6 Å². The quantitative estimate of drug-likeness (QED) is 0.578. The third-order valence-electron chi connectivity index (χ3n) is 5.13. The van der Waals surface area contributed by atoms with Crippen LogP contribution in [0.1, 0.15) is 43.6 Å². The van der Waals surface area contributed by atoms with Crippen LogP contribution < -0.4 is 0 Å². The van der Waals surface area contributed by atoms with Gasteiger partial charge in [-0.15, -0.1) is 11.3 Å². The summed E-state index contributed by atoms with van der Waals surface area (Å²) in [4.78, 5) is 44.5. The minimum absolute atomic E-state index is 0.0771. The Morgan fingerprint density at radius 2 is 2.00 bits per heavy atom. The summed E-state index contributed by atoms with van der Waals surface area (Å²) in [6, 6.07) is 5.85. The van der Waals surface area contributed by atoms with Crippen molar-refractivity contribution in [3.05, 3.63) is 55.5 Å². The SMILES string of the molecule is O=C1CCCc2nc(CN3CCN(C(=O)c4cccc([N+](=O)[O-])c4)CC3)sc21. The standard InChI is InChI=1S/C19H20N4O4S/c24-16-6-2-5-15-18(16)28-17(20-15)12-21-7-9-22(10-8-21)19(25)13-3-1-4-14(11-13)23(26)27/h1,3-4,11H,2,5-10,12H2. The summed E-state index contributed by atoms with van der Waals surface area (Å²) in [5, 5.41) is 11.9. The summed E-state index contributed by atoms with van der Waals surface area (Å²) < 4.78 is 0. The molecule has 0 atom stereocenters. The van der Waals surface area contributed by atoms with Crippen molar-refractivity contribution < 1.29 is 14.5 Å². The van der Waals surface area contributed by atoms with Gasteiger partial charge in [0.1, 0.15) is 5.01 Å². The number of nitro groups is 1. The number of aryl methyl sites for hydroxylation is 1. The van der Waals surface area contributed by atoms with Crippen molar-refractivity contribution in [3.63, 3.8) is 0 Å². The number of piperazine rings is 1. The van der Waals surface area contributed by atoms with Gasteiger partial charge in [-0.1, -0.05) is 6.07 Å². The second-order valence-electron chi connectivity index (χ2n) is 7.04. The van der Waals surface area contributed by atoms with E-state index in [0.717, 1.165) is 28.4 Å². The molecule has 0 radical (unpaired) electrons. The van der Waals surface area contributed by atoms with Gasteiger partial charge in [0, 0.05) is 50.3 Å². The van der Waals surface area contributed by atoms with E-state index in [4.69, 9.17) is 0 Å². The van der Waals surface area contributed by atoms with Gasteiger partial charge < -0.3 is 4.90 Å². The smallest absolute Gasteiger partial charge is 0.270 e. The predicted octanol–water partition coefficient (Wildman–Crippen LogP) is 2.53. The summed E-state index contributed by atoms with van der Waals surface area (Å²) in [6.07, 6.45) is 2.38. The number of carbonyl (C=O) groups excluding carboxylic acids is 2. The molecular formula is C19H20N4O4S. The van der Waals surface area contributed by atoms with Gasteiger partial charge in [-0.05, 0) is 18.9 Å². The van der Waals surface area contributed by atoms with Crippen LogP contribution in [0.2, 0.25) is 0 Å². The Hall–Kier alpha value is -2.65. The number of Topliss-reactive ketones (excluding diaryl/α,β-unsaturated/α-hetero) is 1. The Kier molecular flexibility index (Phi) is 5.19. The Bertz CT molecular complexity index is 934. The molecule has 0 N–H and O–H groups in total. The van der Waals surface area contributed by atoms with Crippen LogP contribution in [0.3, 0.4) is 0 Å². The van der Waals surface area contributed by atoms with E-state index < -0.39 is 4.92 Å². The highest BCUT2D eigenvalue weighted by Crippen LogP contribution is 2.27. The zero-order valence-electron chi connectivity index (χ0n) is 15.3. The molecule has 9 heteroatoms. The fraction of sp³-hybridized carbons (Fsp3) is 0.421. The van der Waals surface area contributed by atoms with E-state index in [1.54, 1.807) is 11.0 Å². The topological polar surface area (TPSA) is 96.7 Å². The molecule has 0 saturated carbocycles. The van der Waals surface area contributed by atoms with Crippen LogP contribution in [0.5, 0.6) is 0 Å². The van der Waals surface area contributed by atoms with Gasteiger partial charge in [-0.2, -0.15) is 0 Å². The molecule has 2 heterocycles. The van der Waals surface area contributed by atoms with Crippen molar-refractivity contribution in [1.29, 1.82) is 0 Å². The van der Waals surface area contributed by atoms with E-state index in [-0.39, 0.29) is 17.4 Å². The van der Waals surface area contributed by atoms with Crippen molar-refractivity contribution in [2.45, 2.75) is 25.8 Å². The van der Waals surface area contributed by atoms with Crippen molar-refractivity contribution in [2.24, 2.45) is 0 Å². The van der Waals surface area contributed by atoms with Crippen molar-refractivity contribution >= 4 is 28.7 Å². The molecule has 8 nitrogen and oxygen atoms in total. The second kappa shape index (κ2) is 7.76. The van der Waals surface area contributed by atoms with Crippen LogP contribution in [0.25, 0.3) is 0 Å². The predicted molar refractivity (Wildman–Crippen MR) is 104 cm³/mol. The number of non-ortho nitro benzene ring substituents is 1. The Labute approximate surface area is 165 Å². The number of nitrogens with zero attached hydrogens (tertiary/aromatic N) is 4. The first-order valence-corrected chi connectivity index (χ1v) is 10.1. The lowest BCUT2D eigenvalue weighted by molar-refractivity contribution is -0.384. The Morgan fingerprint density at radius 3 is 2.71 bits per heavy atom. The summed E-state index contributed by atoms with van der Waals surface area (Å²) >= 11 is 1.50. The van der Waals surface area contributed by atoms with Crippen LogP contribution in [-0.4, -0.2) is 57.6 Å². The monoisotopic (exact) mass is 400 g/mol. The molecule has 28 heavy (non-hydrogen) atoms. The number of ketones is 1. The van der Waals surface area contributed by atoms with Crippen LogP contribution in [0, 0.1) is 10.1 Å². The van der Waals surface area contributed by atoms with Crippen LogP contribution in [0.4, 0.5) is 5.69 Å². The van der Waals surface area contributed by atoms with Crippen LogP contribution >= 0.6 is 11.3 Å². The molecule has 1 aromatic heterocycles. The molecule has 0 unspecified atom stereocenters.